The van der Waals surface area contributed by atoms with Crippen LogP contribution in [0, 0.1) is 25.2 Å². The quantitative estimate of drug-likeness (QED) is 0.750. The van der Waals surface area contributed by atoms with E-state index in [0.29, 0.717) is 16.8 Å². The van der Waals surface area contributed by atoms with Crippen LogP contribution in [0.2, 0.25) is 0 Å². The topological polar surface area (TPSA) is 108 Å². The van der Waals surface area contributed by atoms with Crippen molar-refractivity contribution in [2.45, 2.75) is 26.9 Å². The van der Waals surface area contributed by atoms with E-state index in [1.807, 2.05) is 26.0 Å². The summed E-state index contributed by atoms with van der Waals surface area (Å²) in [7, 11) is 0. The molecule has 1 atom stereocenters. The number of nitrogens with zero attached hydrogens (tertiary/aromatic N) is 1. The first-order chi connectivity index (χ1) is 13.3. The summed E-state index contributed by atoms with van der Waals surface area (Å²) >= 11 is 0. The molecule has 28 heavy (non-hydrogen) atoms. The Morgan fingerprint density at radius 1 is 1.11 bits per heavy atom. The molecule has 0 aromatic heterocycles. The zero-order valence-corrected chi connectivity index (χ0v) is 15.9. The number of nitriles is 1. The number of carbonyl (C=O) groups excluding carboxylic acids is 3. The van der Waals surface area contributed by atoms with Gasteiger partial charge in [-0.1, -0.05) is 12.1 Å². The molecule has 2 rings (SSSR count). The standard InChI is InChI=1S/C21H21N3O4/c1-13-7-8-17(9-14(13)2)21(27)23-12-19(25)28-15(3)20(26)24-18-6-4-5-16(10-18)11-22/h4-10,15H,12H2,1-3H3,(H,23,27)(H,24,26)/t15-/m0/s1. The van der Waals surface area contributed by atoms with Gasteiger partial charge in [0.05, 0.1) is 11.6 Å². The highest BCUT2D eigenvalue weighted by Gasteiger charge is 2.19. The molecule has 0 spiro atoms. The molecule has 0 bridgehead atoms. The summed E-state index contributed by atoms with van der Waals surface area (Å²) in [6.45, 7) is 4.91. The SMILES string of the molecule is Cc1ccc(C(=O)NCC(=O)O[C@@H](C)C(=O)Nc2cccc(C#N)c2)cc1C. The number of ether oxygens (including phenoxy) is 1. The third kappa shape index (κ3) is 5.68. The van der Waals surface area contributed by atoms with Crippen LogP contribution in [0.3, 0.4) is 0 Å². The molecule has 0 unspecified atom stereocenters. The van der Waals surface area contributed by atoms with Crippen LogP contribution in [-0.4, -0.2) is 30.4 Å². The Hall–Kier alpha value is -3.66. The molecule has 2 amide bonds. The lowest BCUT2D eigenvalue weighted by Crippen LogP contribution is -2.35. The minimum atomic E-state index is -1.06. The van der Waals surface area contributed by atoms with E-state index in [4.69, 9.17) is 10.00 Å². The van der Waals surface area contributed by atoms with Crippen molar-refractivity contribution in [3.05, 3.63) is 64.7 Å². The van der Waals surface area contributed by atoms with Gasteiger partial charge in [-0.2, -0.15) is 5.26 Å². The molecule has 7 heteroatoms. The molecule has 0 aliphatic carbocycles. The van der Waals surface area contributed by atoms with Crippen molar-refractivity contribution >= 4 is 23.5 Å². The predicted molar refractivity (Wildman–Crippen MR) is 104 cm³/mol. The van der Waals surface area contributed by atoms with Crippen LogP contribution in [0.15, 0.2) is 42.5 Å². The summed E-state index contributed by atoms with van der Waals surface area (Å²) in [4.78, 5) is 36.1. The first-order valence-electron chi connectivity index (χ1n) is 8.66. The van der Waals surface area contributed by atoms with Gasteiger partial charge in [-0.15, -0.1) is 0 Å². The van der Waals surface area contributed by atoms with Gasteiger partial charge >= 0.3 is 5.97 Å². The predicted octanol–water partition coefficient (Wildman–Crippen LogP) is 2.48. The van der Waals surface area contributed by atoms with Crippen molar-refractivity contribution in [3.63, 3.8) is 0 Å². The van der Waals surface area contributed by atoms with Crippen LogP contribution in [0.5, 0.6) is 0 Å². The molecule has 0 fully saturated rings. The normalized spacial score (nSPS) is 11.1. The van der Waals surface area contributed by atoms with Crippen LogP contribution >= 0.6 is 0 Å². The number of nitrogens with one attached hydrogen (secondary N) is 2. The monoisotopic (exact) mass is 379 g/mol. The van der Waals surface area contributed by atoms with Gasteiger partial charge in [0.25, 0.3) is 11.8 Å². The minimum absolute atomic E-state index is 0.354. The van der Waals surface area contributed by atoms with Crippen molar-refractivity contribution < 1.29 is 19.1 Å². The molecule has 0 heterocycles. The van der Waals surface area contributed by atoms with Crippen molar-refractivity contribution in [1.29, 1.82) is 5.26 Å². The van der Waals surface area contributed by atoms with E-state index >= 15 is 0 Å². The van der Waals surface area contributed by atoms with Crippen LogP contribution in [0.1, 0.15) is 34.0 Å². The number of rotatable bonds is 6. The molecule has 0 saturated carbocycles. The van der Waals surface area contributed by atoms with E-state index in [1.54, 1.807) is 30.3 Å². The van der Waals surface area contributed by atoms with Crippen molar-refractivity contribution in [1.82, 2.24) is 5.32 Å². The first-order valence-corrected chi connectivity index (χ1v) is 8.66. The van der Waals surface area contributed by atoms with Gasteiger partial charge in [0, 0.05) is 11.3 Å². The molecular weight excluding hydrogens is 358 g/mol. The van der Waals surface area contributed by atoms with Crippen LogP contribution < -0.4 is 10.6 Å². The highest BCUT2D eigenvalue weighted by Crippen LogP contribution is 2.11. The molecule has 2 N–H and O–H groups in total. The summed E-state index contributed by atoms with van der Waals surface area (Å²) in [5.74, 6) is -1.67. The van der Waals surface area contributed by atoms with Gasteiger partial charge in [0.15, 0.2) is 6.10 Å². The maximum absolute atomic E-state index is 12.1. The second kappa shape index (κ2) is 9.33. The zero-order chi connectivity index (χ0) is 20.7. The number of hydrogen-bond acceptors (Lipinski definition) is 5. The van der Waals surface area contributed by atoms with Gasteiger partial charge in [0.2, 0.25) is 0 Å². The minimum Gasteiger partial charge on any atom is -0.451 e. The highest BCUT2D eigenvalue weighted by atomic mass is 16.5. The highest BCUT2D eigenvalue weighted by molar-refractivity contribution is 5.97. The second-order valence-corrected chi connectivity index (χ2v) is 6.30. The number of anilines is 1. The maximum Gasteiger partial charge on any atom is 0.326 e. The molecule has 7 nitrogen and oxygen atoms in total. The number of hydrogen-bond donors (Lipinski definition) is 2. The van der Waals surface area contributed by atoms with Crippen molar-refractivity contribution in [2.75, 3.05) is 11.9 Å². The maximum atomic E-state index is 12.1. The van der Waals surface area contributed by atoms with E-state index in [9.17, 15) is 14.4 Å². The fraction of sp³-hybridized carbons (Fsp3) is 0.238. The summed E-state index contributed by atoms with van der Waals surface area (Å²) < 4.78 is 5.04. The number of aryl methyl sites for hydroxylation is 2. The third-order valence-electron chi connectivity index (χ3n) is 4.10. The lowest BCUT2D eigenvalue weighted by Gasteiger charge is -2.14. The molecule has 2 aromatic carbocycles. The van der Waals surface area contributed by atoms with Crippen LogP contribution in [0.4, 0.5) is 5.69 Å². The summed E-state index contributed by atoms with van der Waals surface area (Å²) in [6, 6.07) is 13.6. The Kier molecular flexibility index (Phi) is 6.88. The molecule has 0 aliphatic rings. The summed E-state index contributed by atoms with van der Waals surface area (Å²) in [6.07, 6.45) is -1.06. The fourth-order valence-electron chi connectivity index (χ4n) is 2.34. The van der Waals surface area contributed by atoms with E-state index in [2.05, 4.69) is 10.6 Å². The molecule has 0 saturated heterocycles. The van der Waals surface area contributed by atoms with Gasteiger partial charge in [-0.05, 0) is 62.2 Å². The first kappa shape index (κ1) is 20.6. The van der Waals surface area contributed by atoms with Crippen LogP contribution in [0.25, 0.3) is 0 Å². The molecule has 0 aliphatic heterocycles. The van der Waals surface area contributed by atoms with E-state index in [1.165, 1.54) is 13.0 Å². The Labute approximate surface area is 163 Å². The number of carbonyl (C=O) groups is 3. The molecular formula is C21H21N3O4. The lowest BCUT2D eigenvalue weighted by atomic mass is 10.1. The summed E-state index contributed by atoms with van der Waals surface area (Å²) in [5, 5.41) is 13.9. The Morgan fingerprint density at radius 2 is 1.86 bits per heavy atom. The Balaban J connectivity index is 1.84. The average molecular weight is 379 g/mol. The molecule has 2 aromatic rings. The van der Waals surface area contributed by atoms with Crippen LogP contribution in [-0.2, 0) is 14.3 Å². The van der Waals surface area contributed by atoms with Crippen molar-refractivity contribution in [2.24, 2.45) is 0 Å². The largest absolute Gasteiger partial charge is 0.451 e. The number of benzene rings is 2. The third-order valence-corrected chi connectivity index (χ3v) is 4.10. The van der Waals surface area contributed by atoms with Gasteiger partial charge in [-0.3, -0.25) is 14.4 Å². The number of esters is 1. The van der Waals surface area contributed by atoms with Gasteiger partial charge in [0.1, 0.15) is 6.54 Å². The van der Waals surface area contributed by atoms with Crippen molar-refractivity contribution in [3.8, 4) is 6.07 Å². The van der Waals surface area contributed by atoms with E-state index in [0.717, 1.165) is 11.1 Å². The zero-order valence-electron chi connectivity index (χ0n) is 15.9. The average Bonchev–Trinajstić information content (AvgIpc) is 2.68. The summed E-state index contributed by atoms with van der Waals surface area (Å²) in [5.41, 5.74) is 3.31. The van der Waals surface area contributed by atoms with Gasteiger partial charge in [-0.25, -0.2) is 0 Å². The second-order valence-electron chi connectivity index (χ2n) is 6.30. The van der Waals surface area contributed by atoms with E-state index < -0.39 is 23.9 Å². The Morgan fingerprint density at radius 3 is 2.54 bits per heavy atom. The smallest absolute Gasteiger partial charge is 0.326 e. The van der Waals surface area contributed by atoms with E-state index in [-0.39, 0.29) is 6.54 Å². The molecule has 0 radical (unpaired) electrons. The fourth-order valence-corrected chi connectivity index (χ4v) is 2.34. The number of amides is 2. The molecule has 144 valence electrons. The Bertz CT molecular complexity index is 947. The lowest BCUT2D eigenvalue weighted by molar-refractivity contribution is -0.152. The van der Waals surface area contributed by atoms with Gasteiger partial charge < -0.3 is 15.4 Å².